The van der Waals surface area contributed by atoms with E-state index < -0.39 is 5.91 Å². The number of furan rings is 1. The molecule has 3 amide bonds. The van der Waals surface area contributed by atoms with E-state index in [2.05, 4.69) is 0 Å². The third kappa shape index (κ3) is 4.26. The van der Waals surface area contributed by atoms with E-state index in [-0.39, 0.29) is 23.9 Å². The van der Waals surface area contributed by atoms with Crippen LogP contribution >= 0.6 is 0 Å². The summed E-state index contributed by atoms with van der Waals surface area (Å²) in [6.07, 6.45) is 1.57. The minimum absolute atomic E-state index is 0.236. The van der Waals surface area contributed by atoms with E-state index >= 15 is 0 Å². The molecule has 0 radical (unpaired) electrons. The zero-order valence-electron chi connectivity index (χ0n) is 19.5. The third-order valence-electron chi connectivity index (χ3n) is 6.17. The molecular weight excluding hydrogens is 440 g/mol. The summed E-state index contributed by atoms with van der Waals surface area (Å²) >= 11 is 0. The highest BCUT2D eigenvalue weighted by atomic mass is 16.3. The summed E-state index contributed by atoms with van der Waals surface area (Å²) in [6.45, 7) is 4.43. The molecule has 0 atom stereocenters. The van der Waals surface area contributed by atoms with Crippen LogP contribution in [0.4, 0.5) is 5.69 Å². The number of nitrogens with zero attached hydrogens (tertiary/aromatic N) is 2. The molecule has 1 aliphatic heterocycles. The van der Waals surface area contributed by atoms with E-state index in [1.807, 2.05) is 68.4 Å². The van der Waals surface area contributed by atoms with Crippen molar-refractivity contribution in [2.75, 3.05) is 4.90 Å². The lowest BCUT2D eigenvalue weighted by atomic mass is 10.0. The molecule has 0 fully saturated rings. The van der Waals surface area contributed by atoms with Crippen LogP contribution in [0.1, 0.15) is 53.5 Å². The Hall–Kier alpha value is -4.45. The predicted molar refractivity (Wildman–Crippen MR) is 132 cm³/mol. The van der Waals surface area contributed by atoms with Crippen molar-refractivity contribution in [3.8, 4) is 0 Å². The summed E-state index contributed by atoms with van der Waals surface area (Å²) in [7, 11) is 0. The summed E-state index contributed by atoms with van der Waals surface area (Å²) in [5, 5.41) is 0. The van der Waals surface area contributed by atoms with Gasteiger partial charge in [-0.15, -0.1) is 0 Å². The molecule has 1 aliphatic rings. The van der Waals surface area contributed by atoms with Crippen molar-refractivity contribution in [3.63, 3.8) is 0 Å². The minimum atomic E-state index is -0.422. The fourth-order valence-corrected chi connectivity index (χ4v) is 4.33. The van der Waals surface area contributed by atoms with E-state index in [1.54, 1.807) is 29.4 Å². The number of anilines is 1. The van der Waals surface area contributed by atoms with Crippen LogP contribution in [0.25, 0.3) is 0 Å². The molecule has 174 valence electrons. The third-order valence-corrected chi connectivity index (χ3v) is 6.17. The lowest BCUT2D eigenvalue weighted by molar-refractivity contribution is 0.0717. The van der Waals surface area contributed by atoms with Gasteiger partial charge in [0.1, 0.15) is 5.76 Å². The van der Waals surface area contributed by atoms with Crippen molar-refractivity contribution < 1.29 is 18.8 Å². The van der Waals surface area contributed by atoms with Crippen LogP contribution in [-0.4, -0.2) is 22.6 Å². The van der Waals surface area contributed by atoms with E-state index in [1.165, 1.54) is 11.0 Å². The fraction of sp³-hybridized carbons (Fsp3) is 0.138. The number of carbonyl (C=O) groups excluding carboxylic acids is 3. The van der Waals surface area contributed by atoms with Crippen LogP contribution in [0.3, 0.4) is 0 Å². The zero-order valence-corrected chi connectivity index (χ0v) is 19.5. The Bertz CT molecular complexity index is 1420. The predicted octanol–water partition coefficient (Wildman–Crippen LogP) is 5.54. The summed E-state index contributed by atoms with van der Waals surface area (Å²) < 4.78 is 5.48. The van der Waals surface area contributed by atoms with Gasteiger partial charge in [-0.25, -0.2) is 4.90 Å². The number of rotatable bonds is 6. The average molecular weight is 465 g/mol. The molecule has 0 saturated carbocycles. The molecule has 6 heteroatoms. The molecule has 3 aromatic carbocycles. The van der Waals surface area contributed by atoms with Gasteiger partial charge in [0.2, 0.25) is 0 Å². The maximum absolute atomic E-state index is 13.6. The summed E-state index contributed by atoms with van der Waals surface area (Å²) in [5.41, 5.74) is 4.19. The van der Waals surface area contributed by atoms with Crippen molar-refractivity contribution >= 4 is 23.4 Å². The van der Waals surface area contributed by atoms with Crippen LogP contribution in [0.5, 0.6) is 0 Å². The molecule has 0 unspecified atom stereocenters. The van der Waals surface area contributed by atoms with Crippen LogP contribution in [0.2, 0.25) is 0 Å². The summed E-state index contributed by atoms with van der Waals surface area (Å²) in [5.74, 6) is -0.398. The van der Waals surface area contributed by atoms with E-state index in [9.17, 15) is 14.4 Å². The Kier molecular flexibility index (Phi) is 5.79. The summed E-state index contributed by atoms with van der Waals surface area (Å²) in [4.78, 5) is 42.9. The highest BCUT2D eigenvalue weighted by molar-refractivity contribution is 6.35. The molecular formula is C29H24N2O4. The van der Waals surface area contributed by atoms with Gasteiger partial charge in [-0.2, -0.15) is 0 Å². The van der Waals surface area contributed by atoms with Crippen molar-refractivity contribution in [2.45, 2.75) is 26.9 Å². The Morgan fingerprint density at radius 2 is 1.60 bits per heavy atom. The van der Waals surface area contributed by atoms with Gasteiger partial charge >= 0.3 is 0 Å². The number of hydrogen-bond acceptors (Lipinski definition) is 4. The normalized spacial score (nSPS) is 12.7. The number of aryl methyl sites for hydroxylation is 2. The first-order valence-corrected chi connectivity index (χ1v) is 11.4. The van der Waals surface area contributed by atoms with Gasteiger partial charge < -0.3 is 9.32 Å². The summed E-state index contributed by atoms with van der Waals surface area (Å²) in [6, 6.07) is 23.6. The van der Waals surface area contributed by atoms with Crippen LogP contribution in [-0.2, 0) is 13.1 Å². The SMILES string of the molecule is Cc1ccc(C)c(N2C(=O)c3ccc(C(=O)N(Cc4ccccc4)Cc4ccco4)cc3C2=O)c1. The van der Waals surface area contributed by atoms with E-state index in [4.69, 9.17) is 4.42 Å². The molecule has 0 bridgehead atoms. The molecule has 35 heavy (non-hydrogen) atoms. The second-order valence-electron chi connectivity index (χ2n) is 8.72. The van der Waals surface area contributed by atoms with Gasteiger partial charge in [0, 0.05) is 12.1 Å². The number of hydrogen-bond donors (Lipinski definition) is 0. The Morgan fingerprint density at radius 3 is 2.34 bits per heavy atom. The highest BCUT2D eigenvalue weighted by Gasteiger charge is 2.38. The number of fused-ring (bicyclic) bond motifs is 1. The topological polar surface area (TPSA) is 70.8 Å². The van der Waals surface area contributed by atoms with Crippen LogP contribution < -0.4 is 4.90 Å². The number of amides is 3. The van der Waals surface area contributed by atoms with Gasteiger partial charge in [-0.1, -0.05) is 42.5 Å². The van der Waals surface area contributed by atoms with Crippen molar-refractivity contribution in [1.82, 2.24) is 4.90 Å². The Morgan fingerprint density at radius 1 is 0.829 bits per heavy atom. The van der Waals surface area contributed by atoms with Crippen molar-refractivity contribution in [3.05, 3.63) is 124 Å². The Balaban J connectivity index is 1.47. The van der Waals surface area contributed by atoms with Gasteiger partial charge in [0.05, 0.1) is 29.6 Å². The average Bonchev–Trinajstić information content (AvgIpc) is 3.46. The van der Waals surface area contributed by atoms with Gasteiger partial charge in [-0.05, 0) is 66.9 Å². The minimum Gasteiger partial charge on any atom is -0.467 e. The van der Waals surface area contributed by atoms with Gasteiger partial charge in [-0.3, -0.25) is 14.4 Å². The first-order valence-electron chi connectivity index (χ1n) is 11.4. The van der Waals surface area contributed by atoms with Gasteiger partial charge in [0.15, 0.2) is 0 Å². The first-order chi connectivity index (χ1) is 16.9. The molecule has 6 nitrogen and oxygen atoms in total. The molecule has 2 heterocycles. The maximum atomic E-state index is 13.6. The monoisotopic (exact) mass is 464 g/mol. The largest absolute Gasteiger partial charge is 0.467 e. The number of benzene rings is 3. The molecule has 0 saturated heterocycles. The maximum Gasteiger partial charge on any atom is 0.266 e. The molecule has 0 N–H and O–H groups in total. The quantitative estimate of drug-likeness (QED) is 0.351. The molecule has 0 spiro atoms. The number of imide groups is 1. The van der Waals surface area contributed by atoms with Crippen molar-refractivity contribution in [1.29, 1.82) is 0 Å². The van der Waals surface area contributed by atoms with Gasteiger partial charge in [0.25, 0.3) is 17.7 Å². The first kappa shape index (κ1) is 22.3. The fourth-order valence-electron chi connectivity index (χ4n) is 4.33. The second kappa shape index (κ2) is 9.06. The van der Waals surface area contributed by atoms with Crippen molar-refractivity contribution in [2.24, 2.45) is 0 Å². The van der Waals surface area contributed by atoms with Crippen LogP contribution in [0.15, 0.2) is 89.5 Å². The van der Waals surface area contributed by atoms with Crippen LogP contribution in [0, 0.1) is 13.8 Å². The second-order valence-corrected chi connectivity index (χ2v) is 8.72. The molecule has 0 aliphatic carbocycles. The molecule has 5 rings (SSSR count). The lowest BCUT2D eigenvalue weighted by Gasteiger charge is -2.22. The molecule has 4 aromatic rings. The Labute approximate surface area is 203 Å². The zero-order chi connectivity index (χ0) is 24.5. The highest BCUT2D eigenvalue weighted by Crippen LogP contribution is 2.32. The molecule has 1 aromatic heterocycles. The number of carbonyl (C=O) groups is 3. The van der Waals surface area contributed by atoms with E-state index in [0.29, 0.717) is 29.1 Å². The lowest BCUT2D eigenvalue weighted by Crippen LogP contribution is -2.30. The van der Waals surface area contributed by atoms with E-state index in [0.717, 1.165) is 16.7 Å². The smallest absolute Gasteiger partial charge is 0.266 e. The standard InChI is InChI=1S/C29H24N2O4/c1-19-10-11-20(2)26(15-19)31-28(33)24-13-12-22(16-25(24)29(31)34)27(32)30(18-23-9-6-14-35-23)17-21-7-4-3-5-8-21/h3-16H,17-18H2,1-2H3.